The van der Waals surface area contributed by atoms with Crippen LogP contribution >= 0.6 is 11.3 Å². The molecular weight excluding hydrogens is 356 g/mol. The second kappa shape index (κ2) is 8.02. The molecule has 0 amide bonds. The first-order valence-electron chi connectivity index (χ1n) is 10.4. The van der Waals surface area contributed by atoms with Crippen molar-refractivity contribution in [2.45, 2.75) is 59.1 Å². The van der Waals surface area contributed by atoms with E-state index in [2.05, 4.69) is 36.0 Å². The summed E-state index contributed by atoms with van der Waals surface area (Å²) in [4.78, 5) is 15.9. The van der Waals surface area contributed by atoms with Crippen molar-refractivity contribution < 1.29 is 4.74 Å². The van der Waals surface area contributed by atoms with E-state index in [4.69, 9.17) is 14.7 Å². The van der Waals surface area contributed by atoms with Crippen LogP contribution in [0.15, 0.2) is 5.38 Å². The highest BCUT2D eigenvalue weighted by Crippen LogP contribution is 2.35. The van der Waals surface area contributed by atoms with E-state index >= 15 is 0 Å². The van der Waals surface area contributed by atoms with Crippen molar-refractivity contribution in [2.75, 3.05) is 37.7 Å². The van der Waals surface area contributed by atoms with Crippen LogP contribution in [0.5, 0.6) is 0 Å². The maximum atomic E-state index is 5.72. The van der Waals surface area contributed by atoms with Gasteiger partial charge in [0.2, 0.25) is 0 Å². The fourth-order valence-electron chi connectivity index (χ4n) is 4.52. The van der Waals surface area contributed by atoms with Gasteiger partial charge in [-0.25, -0.2) is 9.97 Å². The predicted molar refractivity (Wildman–Crippen MR) is 113 cm³/mol. The SMILES string of the molecule is Cc1nc(N2CCC(N3CCOC(C)C3)CC2)c2c(CC(C)C)csc2n1. The maximum absolute atomic E-state index is 5.72. The Labute approximate surface area is 166 Å². The molecule has 4 heterocycles. The minimum Gasteiger partial charge on any atom is -0.376 e. The van der Waals surface area contributed by atoms with Gasteiger partial charge in [0.15, 0.2) is 0 Å². The molecule has 2 aromatic heterocycles. The number of thiophene rings is 1. The average molecular weight is 389 g/mol. The van der Waals surface area contributed by atoms with Crippen LogP contribution in [0.4, 0.5) is 5.82 Å². The summed E-state index contributed by atoms with van der Waals surface area (Å²) in [6, 6.07) is 0.684. The van der Waals surface area contributed by atoms with E-state index in [0.29, 0.717) is 18.1 Å². The van der Waals surface area contributed by atoms with Gasteiger partial charge >= 0.3 is 0 Å². The molecule has 0 aliphatic carbocycles. The molecule has 2 aliphatic rings. The predicted octanol–water partition coefficient (Wildman–Crippen LogP) is 3.89. The number of nitrogens with zero attached hydrogens (tertiary/aromatic N) is 4. The Morgan fingerprint density at radius 1 is 1.22 bits per heavy atom. The van der Waals surface area contributed by atoms with Crippen LogP contribution < -0.4 is 4.90 Å². The van der Waals surface area contributed by atoms with Crippen LogP contribution in [-0.4, -0.2) is 59.8 Å². The molecule has 0 aromatic carbocycles. The van der Waals surface area contributed by atoms with Crippen molar-refractivity contribution in [3.05, 3.63) is 16.8 Å². The van der Waals surface area contributed by atoms with Crippen molar-refractivity contribution in [2.24, 2.45) is 5.92 Å². The molecule has 2 aromatic rings. The van der Waals surface area contributed by atoms with Gasteiger partial charge in [-0.1, -0.05) is 13.8 Å². The number of hydrogen-bond acceptors (Lipinski definition) is 6. The Kier molecular flexibility index (Phi) is 5.67. The van der Waals surface area contributed by atoms with Crippen LogP contribution in [-0.2, 0) is 11.2 Å². The molecule has 2 fully saturated rings. The van der Waals surface area contributed by atoms with Gasteiger partial charge in [0.1, 0.15) is 16.5 Å². The zero-order valence-electron chi connectivity index (χ0n) is 17.1. The molecule has 0 spiro atoms. The molecule has 2 aliphatic heterocycles. The molecule has 2 saturated heterocycles. The zero-order valence-corrected chi connectivity index (χ0v) is 17.9. The van der Waals surface area contributed by atoms with E-state index in [-0.39, 0.29) is 0 Å². The van der Waals surface area contributed by atoms with Crippen molar-refractivity contribution in [1.29, 1.82) is 0 Å². The number of hydrogen-bond donors (Lipinski definition) is 0. The first kappa shape index (κ1) is 19.1. The molecule has 1 atom stereocenters. The fourth-order valence-corrected chi connectivity index (χ4v) is 5.52. The summed E-state index contributed by atoms with van der Waals surface area (Å²) in [5, 5.41) is 3.60. The van der Waals surface area contributed by atoms with Gasteiger partial charge in [-0.15, -0.1) is 11.3 Å². The number of piperidine rings is 1. The first-order chi connectivity index (χ1) is 13.0. The van der Waals surface area contributed by atoms with Gasteiger partial charge in [0.25, 0.3) is 0 Å². The fraction of sp³-hybridized carbons (Fsp3) is 0.714. The number of fused-ring (bicyclic) bond motifs is 1. The Bertz CT molecular complexity index is 782. The van der Waals surface area contributed by atoms with Crippen LogP contribution in [0.25, 0.3) is 10.2 Å². The van der Waals surface area contributed by atoms with E-state index in [9.17, 15) is 0 Å². The molecule has 27 heavy (non-hydrogen) atoms. The molecule has 1 unspecified atom stereocenters. The van der Waals surface area contributed by atoms with Gasteiger partial charge in [0, 0.05) is 32.2 Å². The molecule has 0 bridgehead atoms. The third kappa shape index (κ3) is 4.13. The van der Waals surface area contributed by atoms with Gasteiger partial charge in [-0.05, 0) is 50.0 Å². The van der Waals surface area contributed by atoms with Crippen LogP contribution in [0.3, 0.4) is 0 Å². The van der Waals surface area contributed by atoms with E-state index in [1.165, 1.54) is 29.6 Å². The standard InChI is InChI=1S/C21H32N4OS/c1-14(2)11-17-13-27-21-19(17)20(22-16(4)23-21)24-7-5-18(6-8-24)25-9-10-26-15(3)12-25/h13-15,18H,5-12H2,1-4H3. The second-order valence-electron chi connectivity index (χ2n) is 8.53. The summed E-state index contributed by atoms with van der Waals surface area (Å²) in [6.07, 6.45) is 3.88. The van der Waals surface area contributed by atoms with Crippen molar-refractivity contribution in [3.8, 4) is 0 Å². The quantitative estimate of drug-likeness (QED) is 0.795. The minimum absolute atomic E-state index is 0.366. The zero-order chi connectivity index (χ0) is 19.0. The average Bonchev–Trinajstić information content (AvgIpc) is 3.03. The lowest BCUT2D eigenvalue weighted by atomic mass is 10.0. The second-order valence-corrected chi connectivity index (χ2v) is 9.39. The van der Waals surface area contributed by atoms with E-state index in [0.717, 1.165) is 49.9 Å². The summed E-state index contributed by atoms with van der Waals surface area (Å²) in [5.41, 5.74) is 1.42. The molecule has 0 N–H and O–H groups in total. The van der Waals surface area contributed by atoms with Gasteiger partial charge in [-0.3, -0.25) is 4.90 Å². The van der Waals surface area contributed by atoms with Crippen molar-refractivity contribution >= 4 is 27.4 Å². The topological polar surface area (TPSA) is 41.5 Å². The number of rotatable bonds is 4. The largest absolute Gasteiger partial charge is 0.376 e. The third-order valence-electron chi connectivity index (χ3n) is 5.78. The number of aryl methyl sites for hydroxylation is 1. The van der Waals surface area contributed by atoms with Crippen LogP contribution in [0.1, 0.15) is 45.0 Å². The highest BCUT2D eigenvalue weighted by atomic mass is 32.1. The summed E-state index contributed by atoms with van der Waals surface area (Å²) in [5.74, 6) is 2.70. The minimum atomic E-state index is 0.366. The lowest BCUT2D eigenvalue weighted by Crippen LogP contribution is -2.51. The van der Waals surface area contributed by atoms with E-state index in [1.54, 1.807) is 11.3 Å². The van der Waals surface area contributed by atoms with E-state index in [1.807, 2.05) is 6.92 Å². The first-order valence-corrected chi connectivity index (χ1v) is 11.2. The Balaban J connectivity index is 1.54. The summed E-state index contributed by atoms with van der Waals surface area (Å²) >= 11 is 1.77. The highest BCUT2D eigenvalue weighted by Gasteiger charge is 2.29. The number of ether oxygens (including phenoxy) is 1. The maximum Gasteiger partial charge on any atom is 0.141 e. The lowest BCUT2D eigenvalue weighted by molar-refractivity contribution is -0.0373. The molecule has 5 nitrogen and oxygen atoms in total. The molecule has 4 rings (SSSR count). The van der Waals surface area contributed by atoms with Gasteiger partial charge in [-0.2, -0.15) is 0 Å². The monoisotopic (exact) mass is 388 g/mol. The highest BCUT2D eigenvalue weighted by molar-refractivity contribution is 7.17. The van der Waals surface area contributed by atoms with Gasteiger partial charge < -0.3 is 9.64 Å². The molecule has 6 heteroatoms. The van der Waals surface area contributed by atoms with Crippen molar-refractivity contribution in [3.63, 3.8) is 0 Å². The lowest BCUT2D eigenvalue weighted by Gasteiger charge is -2.42. The van der Waals surface area contributed by atoms with Gasteiger partial charge in [0.05, 0.1) is 18.1 Å². The number of morpholine rings is 1. The van der Waals surface area contributed by atoms with Crippen LogP contribution in [0.2, 0.25) is 0 Å². The summed E-state index contributed by atoms with van der Waals surface area (Å²) in [7, 11) is 0. The molecule has 148 valence electrons. The molecule has 0 radical (unpaired) electrons. The summed E-state index contributed by atoms with van der Waals surface area (Å²) < 4.78 is 5.72. The number of anilines is 1. The molecular formula is C21H32N4OS. The molecule has 0 saturated carbocycles. The Hall–Kier alpha value is -1.24. The smallest absolute Gasteiger partial charge is 0.141 e. The normalized spacial score (nSPS) is 22.9. The van der Waals surface area contributed by atoms with E-state index < -0.39 is 0 Å². The Morgan fingerprint density at radius 2 is 2.00 bits per heavy atom. The van der Waals surface area contributed by atoms with Crippen molar-refractivity contribution in [1.82, 2.24) is 14.9 Å². The number of aromatic nitrogens is 2. The van der Waals surface area contributed by atoms with Crippen LogP contribution in [0, 0.1) is 12.8 Å². The third-order valence-corrected chi connectivity index (χ3v) is 6.70. The Morgan fingerprint density at radius 3 is 2.70 bits per heavy atom. The summed E-state index contributed by atoms with van der Waals surface area (Å²) in [6.45, 7) is 14.0.